The van der Waals surface area contributed by atoms with Gasteiger partial charge in [0, 0.05) is 20.1 Å². The molecule has 0 aromatic heterocycles. The highest BCUT2D eigenvalue weighted by molar-refractivity contribution is 5.96. The summed E-state index contributed by atoms with van der Waals surface area (Å²) >= 11 is 0. The number of methoxy groups -OCH3 is 1. The molecule has 0 saturated carbocycles. The Hall–Kier alpha value is -1.36. The highest BCUT2D eigenvalue weighted by Gasteiger charge is 2.20. The first kappa shape index (κ1) is 13.7. The van der Waals surface area contributed by atoms with Crippen LogP contribution >= 0.6 is 0 Å². The molecule has 0 radical (unpaired) electrons. The molecule has 1 rings (SSSR count). The number of carbonyl (C=O) groups is 1. The van der Waals surface area contributed by atoms with Gasteiger partial charge in [0.15, 0.2) is 23.2 Å². The third-order valence-electron chi connectivity index (χ3n) is 2.32. The molecule has 0 saturated heterocycles. The molecular weight excluding hydrogens is 233 g/mol. The number of benzene rings is 1. The maximum absolute atomic E-state index is 13.3. The fourth-order valence-corrected chi connectivity index (χ4v) is 1.51. The third kappa shape index (κ3) is 3.30. The SMILES string of the molecule is COCC(C)CC(=O)c1ccc(F)c(F)c1F. The van der Waals surface area contributed by atoms with Gasteiger partial charge in [-0.2, -0.15) is 0 Å². The predicted octanol–water partition coefficient (Wildman–Crippen LogP) is 2.96. The lowest BCUT2D eigenvalue weighted by atomic mass is 10.00. The van der Waals surface area contributed by atoms with Gasteiger partial charge < -0.3 is 4.74 Å². The Morgan fingerprint density at radius 1 is 1.29 bits per heavy atom. The minimum absolute atomic E-state index is 0.0236. The normalized spacial score (nSPS) is 12.5. The molecule has 2 nitrogen and oxygen atoms in total. The highest BCUT2D eigenvalue weighted by atomic mass is 19.2. The van der Waals surface area contributed by atoms with E-state index in [0.29, 0.717) is 6.61 Å². The molecule has 0 heterocycles. The fraction of sp³-hybridized carbons (Fsp3) is 0.417. The van der Waals surface area contributed by atoms with Crippen LogP contribution in [0.2, 0.25) is 0 Å². The number of ketones is 1. The Bertz CT molecular complexity index is 418. The van der Waals surface area contributed by atoms with Crippen LogP contribution in [0.25, 0.3) is 0 Å². The van der Waals surface area contributed by atoms with E-state index in [1.807, 2.05) is 0 Å². The van der Waals surface area contributed by atoms with E-state index in [9.17, 15) is 18.0 Å². The molecule has 0 amide bonds. The van der Waals surface area contributed by atoms with E-state index in [0.717, 1.165) is 12.1 Å². The zero-order valence-corrected chi connectivity index (χ0v) is 9.60. The molecule has 0 aliphatic carbocycles. The van der Waals surface area contributed by atoms with Gasteiger partial charge in [-0.15, -0.1) is 0 Å². The molecule has 0 N–H and O–H groups in total. The maximum atomic E-state index is 13.3. The monoisotopic (exact) mass is 246 g/mol. The standard InChI is InChI=1S/C12H13F3O2/c1-7(6-17-2)5-10(16)8-3-4-9(13)12(15)11(8)14/h3-4,7H,5-6H2,1-2H3. The van der Waals surface area contributed by atoms with Crippen LogP contribution in [0.5, 0.6) is 0 Å². The Balaban J connectivity index is 2.86. The molecule has 0 aliphatic heterocycles. The molecule has 0 spiro atoms. The number of Topliss-reactive ketones (excluding diaryl/α,β-unsaturated/α-hetero) is 1. The predicted molar refractivity (Wildman–Crippen MR) is 56.3 cm³/mol. The maximum Gasteiger partial charge on any atom is 0.195 e. The lowest BCUT2D eigenvalue weighted by molar-refractivity contribution is 0.0915. The van der Waals surface area contributed by atoms with E-state index in [2.05, 4.69) is 0 Å². The van der Waals surface area contributed by atoms with E-state index in [4.69, 9.17) is 4.74 Å². The second kappa shape index (κ2) is 5.82. The second-order valence-electron chi connectivity index (χ2n) is 3.91. The first-order chi connectivity index (χ1) is 7.97. The van der Waals surface area contributed by atoms with Crippen LogP contribution in [0.1, 0.15) is 23.7 Å². The van der Waals surface area contributed by atoms with Crippen LogP contribution in [0.4, 0.5) is 13.2 Å². The molecular formula is C12H13F3O2. The smallest absolute Gasteiger partial charge is 0.195 e. The first-order valence-electron chi connectivity index (χ1n) is 5.13. The van der Waals surface area contributed by atoms with E-state index in [1.54, 1.807) is 6.92 Å². The van der Waals surface area contributed by atoms with Crippen molar-refractivity contribution in [2.24, 2.45) is 5.92 Å². The van der Waals surface area contributed by atoms with E-state index >= 15 is 0 Å². The van der Waals surface area contributed by atoms with Crippen molar-refractivity contribution >= 4 is 5.78 Å². The van der Waals surface area contributed by atoms with E-state index in [-0.39, 0.29) is 12.3 Å². The molecule has 1 aromatic rings. The Kier molecular flexibility index (Phi) is 4.69. The first-order valence-corrected chi connectivity index (χ1v) is 5.13. The summed E-state index contributed by atoms with van der Waals surface area (Å²) in [6.45, 7) is 2.09. The highest BCUT2D eigenvalue weighted by Crippen LogP contribution is 2.18. The topological polar surface area (TPSA) is 26.3 Å². The molecule has 1 unspecified atom stereocenters. The van der Waals surface area contributed by atoms with Crippen molar-refractivity contribution in [1.82, 2.24) is 0 Å². The summed E-state index contributed by atoms with van der Waals surface area (Å²) in [5, 5.41) is 0. The third-order valence-corrected chi connectivity index (χ3v) is 2.32. The van der Waals surface area contributed by atoms with Crippen molar-refractivity contribution in [3.63, 3.8) is 0 Å². The molecule has 1 atom stereocenters. The van der Waals surface area contributed by atoms with Gasteiger partial charge >= 0.3 is 0 Å². The summed E-state index contributed by atoms with van der Waals surface area (Å²) in [5.74, 6) is -5.02. The largest absolute Gasteiger partial charge is 0.384 e. The van der Waals surface area contributed by atoms with E-state index < -0.39 is 28.8 Å². The minimum Gasteiger partial charge on any atom is -0.384 e. The lowest BCUT2D eigenvalue weighted by Crippen LogP contribution is -2.13. The van der Waals surface area contributed by atoms with Crippen LogP contribution in [-0.4, -0.2) is 19.5 Å². The number of rotatable bonds is 5. The van der Waals surface area contributed by atoms with Gasteiger partial charge in [0.1, 0.15) is 0 Å². The zero-order chi connectivity index (χ0) is 13.0. The van der Waals surface area contributed by atoms with Gasteiger partial charge in [-0.1, -0.05) is 6.92 Å². The van der Waals surface area contributed by atoms with Gasteiger partial charge in [-0.3, -0.25) is 4.79 Å². The summed E-state index contributed by atoms with van der Waals surface area (Å²) in [6, 6.07) is 1.70. The average Bonchev–Trinajstić information content (AvgIpc) is 2.26. The van der Waals surface area contributed by atoms with Crippen molar-refractivity contribution in [3.05, 3.63) is 35.1 Å². The number of hydrogen-bond acceptors (Lipinski definition) is 2. The minimum atomic E-state index is -1.62. The Morgan fingerprint density at radius 2 is 1.94 bits per heavy atom. The molecule has 0 fully saturated rings. The molecule has 17 heavy (non-hydrogen) atoms. The van der Waals surface area contributed by atoms with Crippen LogP contribution in [0.15, 0.2) is 12.1 Å². The number of halogens is 3. The van der Waals surface area contributed by atoms with Crippen LogP contribution in [0.3, 0.4) is 0 Å². The number of ether oxygens (including phenoxy) is 1. The molecule has 5 heteroatoms. The van der Waals surface area contributed by atoms with Gasteiger partial charge in [0.25, 0.3) is 0 Å². The van der Waals surface area contributed by atoms with Crippen molar-refractivity contribution in [2.75, 3.05) is 13.7 Å². The van der Waals surface area contributed by atoms with Gasteiger partial charge in [-0.25, -0.2) is 13.2 Å². The van der Waals surface area contributed by atoms with Crippen LogP contribution in [0, 0.1) is 23.4 Å². The summed E-state index contributed by atoms with van der Waals surface area (Å²) in [6.07, 6.45) is 0.0236. The molecule has 94 valence electrons. The quantitative estimate of drug-likeness (QED) is 0.589. The van der Waals surface area contributed by atoms with Gasteiger partial charge in [-0.05, 0) is 18.1 Å². The lowest BCUT2D eigenvalue weighted by Gasteiger charge is -2.09. The molecule has 0 aliphatic rings. The van der Waals surface area contributed by atoms with Crippen LogP contribution in [-0.2, 0) is 4.74 Å². The number of carbonyl (C=O) groups excluding carboxylic acids is 1. The second-order valence-corrected chi connectivity index (χ2v) is 3.91. The zero-order valence-electron chi connectivity index (χ0n) is 9.60. The van der Waals surface area contributed by atoms with Gasteiger partial charge in [0.2, 0.25) is 0 Å². The summed E-state index contributed by atoms with van der Waals surface area (Å²) in [5.41, 5.74) is -0.424. The number of hydrogen-bond donors (Lipinski definition) is 0. The van der Waals surface area contributed by atoms with Crippen molar-refractivity contribution < 1.29 is 22.7 Å². The summed E-state index contributed by atoms with van der Waals surface area (Å²) in [4.78, 5) is 11.6. The summed E-state index contributed by atoms with van der Waals surface area (Å²) in [7, 11) is 1.49. The van der Waals surface area contributed by atoms with Crippen LogP contribution < -0.4 is 0 Å². The van der Waals surface area contributed by atoms with Crippen molar-refractivity contribution in [2.45, 2.75) is 13.3 Å². The Labute approximate surface area is 97.4 Å². The fourth-order valence-electron chi connectivity index (χ4n) is 1.51. The van der Waals surface area contributed by atoms with E-state index in [1.165, 1.54) is 7.11 Å². The van der Waals surface area contributed by atoms with Crippen molar-refractivity contribution in [1.29, 1.82) is 0 Å². The molecule has 1 aromatic carbocycles. The van der Waals surface area contributed by atoms with Gasteiger partial charge in [0.05, 0.1) is 5.56 Å². The average molecular weight is 246 g/mol. The molecule has 0 bridgehead atoms. The Morgan fingerprint density at radius 3 is 2.53 bits per heavy atom. The van der Waals surface area contributed by atoms with Crippen molar-refractivity contribution in [3.8, 4) is 0 Å². The summed E-state index contributed by atoms with van der Waals surface area (Å²) < 4.78 is 43.7.